The average Bonchev–Trinajstić information content (AvgIpc) is 3.00. The molecule has 0 fully saturated rings. The molecule has 0 aliphatic carbocycles. The summed E-state index contributed by atoms with van der Waals surface area (Å²) in [6.07, 6.45) is 3.35. The minimum atomic E-state index is -3.19. The minimum absolute atomic E-state index is 0.0722. The molecular weight excluding hydrogens is 324 g/mol. The number of benzene rings is 2. The molecule has 0 radical (unpaired) electrons. The highest BCUT2D eigenvalue weighted by Crippen LogP contribution is 2.15. The van der Waals surface area contributed by atoms with E-state index in [1.807, 2.05) is 30.5 Å². The van der Waals surface area contributed by atoms with Gasteiger partial charge in [-0.05, 0) is 46.8 Å². The molecular formula is C18H18N2O3S. The number of fused-ring (bicyclic) bond motifs is 1. The van der Waals surface area contributed by atoms with E-state index in [2.05, 4.69) is 10.3 Å². The van der Waals surface area contributed by atoms with Crippen molar-refractivity contribution in [2.24, 2.45) is 0 Å². The summed E-state index contributed by atoms with van der Waals surface area (Å²) in [4.78, 5) is 15.5. The highest BCUT2D eigenvalue weighted by Gasteiger charge is 2.07. The smallest absolute Gasteiger partial charge is 0.224 e. The SMILES string of the molecule is CS(=O)(=O)c1ccc(CNC(=O)Cc2ccc3[nH]ccc3c2)cc1. The normalized spacial score (nSPS) is 11.5. The fourth-order valence-corrected chi connectivity index (χ4v) is 3.15. The Hall–Kier alpha value is -2.60. The van der Waals surface area contributed by atoms with Crippen molar-refractivity contribution in [1.82, 2.24) is 10.3 Å². The van der Waals surface area contributed by atoms with Gasteiger partial charge in [-0.2, -0.15) is 0 Å². The topological polar surface area (TPSA) is 79.0 Å². The fourth-order valence-electron chi connectivity index (χ4n) is 2.52. The molecule has 0 atom stereocenters. The highest BCUT2D eigenvalue weighted by molar-refractivity contribution is 7.90. The summed E-state index contributed by atoms with van der Waals surface area (Å²) in [5.74, 6) is -0.0722. The number of sulfone groups is 1. The summed E-state index contributed by atoms with van der Waals surface area (Å²) in [5, 5.41) is 3.93. The lowest BCUT2D eigenvalue weighted by atomic mass is 10.1. The molecule has 1 heterocycles. The first-order valence-corrected chi connectivity index (χ1v) is 9.43. The van der Waals surface area contributed by atoms with E-state index < -0.39 is 9.84 Å². The van der Waals surface area contributed by atoms with Gasteiger partial charge in [-0.25, -0.2) is 8.42 Å². The van der Waals surface area contributed by atoms with E-state index >= 15 is 0 Å². The Labute approximate surface area is 140 Å². The highest BCUT2D eigenvalue weighted by atomic mass is 32.2. The van der Waals surface area contributed by atoms with Crippen molar-refractivity contribution in [3.8, 4) is 0 Å². The van der Waals surface area contributed by atoms with Crippen molar-refractivity contribution < 1.29 is 13.2 Å². The summed E-state index contributed by atoms with van der Waals surface area (Å²) in [6, 6.07) is 14.4. The van der Waals surface area contributed by atoms with E-state index in [0.29, 0.717) is 13.0 Å². The molecule has 0 bridgehead atoms. The lowest BCUT2D eigenvalue weighted by molar-refractivity contribution is -0.120. The van der Waals surface area contributed by atoms with Crippen LogP contribution in [0.15, 0.2) is 59.6 Å². The van der Waals surface area contributed by atoms with Gasteiger partial charge in [0.05, 0.1) is 11.3 Å². The molecule has 0 spiro atoms. The van der Waals surface area contributed by atoms with Crippen LogP contribution >= 0.6 is 0 Å². The maximum Gasteiger partial charge on any atom is 0.224 e. The maximum atomic E-state index is 12.1. The molecule has 0 saturated heterocycles. The molecule has 6 heteroatoms. The number of hydrogen-bond donors (Lipinski definition) is 2. The third-order valence-corrected chi connectivity index (χ3v) is 4.95. The second-order valence-electron chi connectivity index (χ2n) is 5.77. The Morgan fingerprint density at radius 1 is 1.04 bits per heavy atom. The molecule has 24 heavy (non-hydrogen) atoms. The minimum Gasteiger partial charge on any atom is -0.361 e. The zero-order valence-electron chi connectivity index (χ0n) is 13.2. The largest absolute Gasteiger partial charge is 0.361 e. The molecule has 2 N–H and O–H groups in total. The molecule has 0 aliphatic rings. The molecule has 1 aromatic heterocycles. The van der Waals surface area contributed by atoms with E-state index in [4.69, 9.17) is 0 Å². The number of carbonyl (C=O) groups is 1. The molecule has 2 aromatic carbocycles. The van der Waals surface area contributed by atoms with Crippen molar-refractivity contribution in [2.45, 2.75) is 17.9 Å². The van der Waals surface area contributed by atoms with Crippen LogP contribution in [0, 0.1) is 0 Å². The first-order chi connectivity index (χ1) is 11.4. The fraction of sp³-hybridized carbons (Fsp3) is 0.167. The van der Waals surface area contributed by atoms with Gasteiger partial charge >= 0.3 is 0 Å². The van der Waals surface area contributed by atoms with E-state index in [1.54, 1.807) is 24.3 Å². The molecule has 0 saturated carbocycles. The van der Waals surface area contributed by atoms with Crippen molar-refractivity contribution in [1.29, 1.82) is 0 Å². The van der Waals surface area contributed by atoms with Gasteiger partial charge in [0.15, 0.2) is 9.84 Å². The van der Waals surface area contributed by atoms with Gasteiger partial charge < -0.3 is 10.3 Å². The second-order valence-corrected chi connectivity index (χ2v) is 7.78. The summed E-state index contributed by atoms with van der Waals surface area (Å²) < 4.78 is 22.8. The number of hydrogen-bond acceptors (Lipinski definition) is 3. The Morgan fingerprint density at radius 2 is 1.75 bits per heavy atom. The van der Waals surface area contributed by atoms with Gasteiger partial charge in [0.2, 0.25) is 5.91 Å². The molecule has 0 unspecified atom stereocenters. The van der Waals surface area contributed by atoms with Crippen LogP contribution in [0.1, 0.15) is 11.1 Å². The first kappa shape index (κ1) is 16.3. The Bertz CT molecular complexity index is 973. The third kappa shape index (κ3) is 3.83. The summed E-state index contributed by atoms with van der Waals surface area (Å²) in [6.45, 7) is 0.370. The van der Waals surface area contributed by atoms with Gasteiger partial charge in [-0.15, -0.1) is 0 Å². The first-order valence-electron chi connectivity index (χ1n) is 7.53. The van der Waals surface area contributed by atoms with Gasteiger partial charge in [0, 0.05) is 24.5 Å². The molecule has 3 rings (SSSR count). The lowest BCUT2D eigenvalue weighted by Gasteiger charge is -2.07. The molecule has 3 aromatic rings. The van der Waals surface area contributed by atoms with Crippen LogP contribution in [0.4, 0.5) is 0 Å². The van der Waals surface area contributed by atoms with Crippen molar-refractivity contribution in [2.75, 3.05) is 6.26 Å². The predicted octanol–water partition coefficient (Wildman–Crippen LogP) is 2.43. The zero-order valence-corrected chi connectivity index (χ0v) is 14.1. The van der Waals surface area contributed by atoms with E-state index in [9.17, 15) is 13.2 Å². The van der Waals surface area contributed by atoms with Crippen molar-refractivity contribution in [3.05, 3.63) is 65.9 Å². The maximum absolute atomic E-state index is 12.1. The quantitative estimate of drug-likeness (QED) is 0.747. The second kappa shape index (κ2) is 6.49. The molecule has 1 amide bonds. The molecule has 0 aliphatic heterocycles. The van der Waals surface area contributed by atoms with Gasteiger partial charge in [-0.1, -0.05) is 18.2 Å². The number of H-pyrrole nitrogens is 1. The monoisotopic (exact) mass is 342 g/mol. The van der Waals surface area contributed by atoms with Crippen LogP contribution in [-0.2, 0) is 27.6 Å². The van der Waals surface area contributed by atoms with Gasteiger partial charge in [-0.3, -0.25) is 4.79 Å². The van der Waals surface area contributed by atoms with Crippen molar-refractivity contribution >= 4 is 26.6 Å². The Morgan fingerprint density at radius 3 is 2.46 bits per heavy atom. The van der Waals surface area contributed by atoms with E-state index in [0.717, 1.165) is 22.0 Å². The number of amides is 1. The number of nitrogens with one attached hydrogen (secondary N) is 2. The standard InChI is InChI=1S/C18H18N2O3S/c1-24(22,23)16-5-2-13(3-6-16)12-20-18(21)11-14-4-7-17-15(10-14)8-9-19-17/h2-10,19H,11-12H2,1H3,(H,20,21). The third-order valence-electron chi connectivity index (χ3n) is 3.82. The summed E-state index contributed by atoms with van der Waals surface area (Å²) in [7, 11) is -3.19. The predicted molar refractivity (Wildman–Crippen MR) is 93.4 cm³/mol. The Kier molecular flexibility index (Phi) is 4.40. The molecule has 5 nitrogen and oxygen atoms in total. The van der Waals surface area contributed by atoms with E-state index in [-0.39, 0.29) is 10.8 Å². The van der Waals surface area contributed by atoms with Crippen LogP contribution < -0.4 is 5.32 Å². The zero-order chi connectivity index (χ0) is 17.2. The van der Waals surface area contributed by atoms with Crippen LogP contribution in [0.3, 0.4) is 0 Å². The Balaban J connectivity index is 1.59. The van der Waals surface area contributed by atoms with Crippen molar-refractivity contribution in [3.63, 3.8) is 0 Å². The molecule has 124 valence electrons. The number of aromatic nitrogens is 1. The van der Waals surface area contributed by atoms with Crippen LogP contribution in [0.25, 0.3) is 10.9 Å². The number of aromatic amines is 1. The lowest BCUT2D eigenvalue weighted by Crippen LogP contribution is -2.24. The van der Waals surface area contributed by atoms with Gasteiger partial charge in [0.25, 0.3) is 0 Å². The van der Waals surface area contributed by atoms with Crippen LogP contribution in [-0.4, -0.2) is 25.6 Å². The summed E-state index contributed by atoms with van der Waals surface area (Å²) in [5.41, 5.74) is 2.86. The van der Waals surface area contributed by atoms with E-state index in [1.165, 1.54) is 6.26 Å². The number of rotatable bonds is 5. The number of carbonyl (C=O) groups excluding carboxylic acids is 1. The van der Waals surface area contributed by atoms with Gasteiger partial charge in [0.1, 0.15) is 0 Å². The van der Waals surface area contributed by atoms with Crippen LogP contribution in [0.2, 0.25) is 0 Å². The average molecular weight is 342 g/mol. The summed E-state index contributed by atoms with van der Waals surface area (Å²) >= 11 is 0. The van der Waals surface area contributed by atoms with Crippen LogP contribution in [0.5, 0.6) is 0 Å².